The van der Waals surface area contributed by atoms with E-state index in [4.69, 9.17) is 4.74 Å². The van der Waals surface area contributed by atoms with Gasteiger partial charge in [-0.1, -0.05) is 48.5 Å². The highest BCUT2D eigenvalue weighted by Gasteiger charge is 2.17. The van der Waals surface area contributed by atoms with Crippen LogP contribution in [-0.2, 0) is 0 Å². The third kappa shape index (κ3) is 1.06. The Morgan fingerprint density at radius 2 is 0.947 bits per heavy atom. The van der Waals surface area contributed by atoms with E-state index in [0.29, 0.717) is 0 Å². The average Bonchev–Trinajstić information content (AvgIpc) is 2.47. The molecule has 1 heterocycles. The van der Waals surface area contributed by atoms with Crippen LogP contribution in [0.25, 0.3) is 32.3 Å². The number of ether oxygens (including phenoxy) is 1. The van der Waals surface area contributed by atoms with Crippen LogP contribution in [0.5, 0.6) is 11.5 Å². The highest BCUT2D eigenvalue weighted by Crippen LogP contribution is 2.46. The van der Waals surface area contributed by atoms with Gasteiger partial charge in [-0.05, 0) is 28.3 Å². The van der Waals surface area contributed by atoms with Crippen molar-refractivity contribution in [1.82, 2.24) is 0 Å². The molecule has 1 heteroatoms. The van der Waals surface area contributed by atoms with Crippen molar-refractivity contribution in [3.8, 4) is 11.5 Å². The van der Waals surface area contributed by atoms with Gasteiger partial charge in [0.05, 0.1) is 0 Å². The monoisotopic (exact) mass is 242 g/mol. The molecule has 1 nitrogen and oxygen atoms in total. The molecule has 0 fully saturated rings. The van der Waals surface area contributed by atoms with Gasteiger partial charge in [0.1, 0.15) is 11.5 Å². The van der Waals surface area contributed by atoms with Gasteiger partial charge in [0.2, 0.25) is 0 Å². The smallest absolute Gasteiger partial charge is 0.135 e. The summed E-state index contributed by atoms with van der Waals surface area (Å²) < 4.78 is 6.09. The van der Waals surface area contributed by atoms with Crippen molar-refractivity contribution in [2.75, 3.05) is 0 Å². The van der Waals surface area contributed by atoms with E-state index < -0.39 is 0 Å². The zero-order valence-corrected chi connectivity index (χ0v) is 10.2. The lowest BCUT2D eigenvalue weighted by molar-refractivity contribution is 0.493. The molecule has 1 aliphatic rings. The molecule has 4 aromatic carbocycles. The van der Waals surface area contributed by atoms with Crippen LogP contribution in [0.3, 0.4) is 0 Å². The summed E-state index contributed by atoms with van der Waals surface area (Å²) in [5, 5.41) is 7.57. The molecule has 88 valence electrons. The van der Waals surface area contributed by atoms with Gasteiger partial charge in [0, 0.05) is 16.2 Å². The third-order valence-electron chi connectivity index (χ3n) is 4.01. The van der Waals surface area contributed by atoms with Gasteiger partial charge in [-0.2, -0.15) is 0 Å². The molecule has 0 bridgehead atoms. The summed E-state index contributed by atoms with van der Waals surface area (Å²) in [7, 11) is 0. The summed E-state index contributed by atoms with van der Waals surface area (Å²) in [4.78, 5) is 0. The van der Waals surface area contributed by atoms with Gasteiger partial charge < -0.3 is 4.74 Å². The SMILES string of the molecule is c1cc2c3c(c1)ccc1ccc4cccc(c4c13)O2. The summed E-state index contributed by atoms with van der Waals surface area (Å²) in [5.41, 5.74) is 0. The molecule has 0 amide bonds. The number of rotatable bonds is 0. The van der Waals surface area contributed by atoms with E-state index in [9.17, 15) is 0 Å². The number of hydrogen-bond acceptors (Lipinski definition) is 1. The molecule has 0 atom stereocenters. The van der Waals surface area contributed by atoms with Gasteiger partial charge in [0.15, 0.2) is 0 Å². The zero-order valence-electron chi connectivity index (χ0n) is 10.2. The molecule has 0 N–H and O–H groups in total. The van der Waals surface area contributed by atoms with Crippen LogP contribution in [0, 0.1) is 0 Å². The maximum absolute atomic E-state index is 6.09. The Balaban J connectivity index is 2.26. The van der Waals surface area contributed by atoms with Crippen molar-refractivity contribution in [2.24, 2.45) is 0 Å². The molecular formula is C18H10O. The minimum atomic E-state index is 0.967. The van der Waals surface area contributed by atoms with Crippen LogP contribution < -0.4 is 4.74 Å². The highest BCUT2D eigenvalue weighted by atomic mass is 16.5. The fourth-order valence-corrected chi connectivity index (χ4v) is 3.19. The fourth-order valence-electron chi connectivity index (χ4n) is 3.19. The van der Waals surface area contributed by atoms with E-state index in [-0.39, 0.29) is 0 Å². The summed E-state index contributed by atoms with van der Waals surface area (Å²) in [6, 6.07) is 21.2. The largest absolute Gasteiger partial charge is 0.456 e. The van der Waals surface area contributed by atoms with E-state index in [1.807, 2.05) is 0 Å². The second-order valence-corrected chi connectivity index (χ2v) is 5.04. The molecule has 19 heavy (non-hydrogen) atoms. The predicted molar refractivity (Wildman–Crippen MR) is 79.0 cm³/mol. The molecule has 5 rings (SSSR count). The van der Waals surface area contributed by atoms with Gasteiger partial charge in [-0.15, -0.1) is 0 Å². The molecule has 0 aliphatic carbocycles. The quantitative estimate of drug-likeness (QED) is 0.337. The first-order chi connectivity index (χ1) is 9.42. The van der Waals surface area contributed by atoms with E-state index in [0.717, 1.165) is 11.5 Å². The summed E-state index contributed by atoms with van der Waals surface area (Å²) in [5.74, 6) is 1.93. The number of hydrogen-bond donors (Lipinski definition) is 0. The first kappa shape index (κ1) is 9.40. The molecule has 0 spiro atoms. The van der Waals surface area contributed by atoms with Crippen molar-refractivity contribution in [1.29, 1.82) is 0 Å². The molecule has 4 aromatic rings. The van der Waals surface area contributed by atoms with Crippen molar-refractivity contribution >= 4 is 32.3 Å². The van der Waals surface area contributed by atoms with E-state index in [1.54, 1.807) is 0 Å². The van der Waals surface area contributed by atoms with Crippen molar-refractivity contribution in [3.05, 3.63) is 60.7 Å². The van der Waals surface area contributed by atoms with Gasteiger partial charge in [-0.25, -0.2) is 0 Å². The Kier molecular flexibility index (Phi) is 1.52. The fraction of sp³-hybridized carbons (Fsp3) is 0. The van der Waals surface area contributed by atoms with Gasteiger partial charge in [0.25, 0.3) is 0 Å². The minimum absolute atomic E-state index is 0.967. The Labute approximate surface area is 110 Å². The Morgan fingerprint density at radius 1 is 0.474 bits per heavy atom. The summed E-state index contributed by atoms with van der Waals surface area (Å²) >= 11 is 0. The maximum atomic E-state index is 6.09. The molecule has 0 saturated carbocycles. The van der Waals surface area contributed by atoms with Gasteiger partial charge >= 0.3 is 0 Å². The molecule has 0 radical (unpaired) electrons. The first-order valence-corrected chi connectivity index (χ1v) is 6.47. The topological polar surface area (TPSA) is 9.23 Å². The Hall–Kier alpha value is -2.54. The van der Waals surface area contributed by atoms with Crippen molar-refractivity contribution < 1.29 is 4.74 Å². The first-order valence-electron chi connectivity index (χ1n) is 6.47. The van der Waals surface area contributed by atoms with Crippen LogP contribution in [0.15, 0.2) is 60.7 Å². The Bertz CT molecular complexity index is 906. The second-order valence-electron chi connectivity index (χ2n) is 5.04. The second kappa shape index (κ2) is 3.07. The predicted octanol–water partition coefficient (Wildman–Crippen LogP) is 5.25. The summed E-state index contributed by atoms with van der Waals surface area (Å²) in [6.45, 7) is 0. The lowest BCUT2D eigenvalue weighted by Crippen LogP contribution is -1.94. The molecular weight excluding hydrogens is 232 g/mol. The molecule has 0 aromatic heterocycles. The standard InChI is InChI=1S/C18H10O/c1-3-11-7-9-13-10-8-12-4-2-6-15-17(12)18(13)16(11)14(5-1)19-15/h1-10H. The van der Waals surface area contributed by atoms with Crippen LogP contribution >= 0.6 is 0 Å². The van der Waals surface area contributed by atoms with E-state index in [1.165, 1.54) is 32.3 Å². The normalized spacial score (nSPS) is 12.6. The lowest BCUT2D eigenvalue weighted by Gasteiger charge is -2.19. The van der Waals surface area contributed by atoms with Crippen LogP contribution in [0.1, 0.15) is 0 Å². The lowest BCUT2D eigenvalue weighted by atomic mass is 9.94. The highest BCUT2D eigenvalue weighted by molar-refractivity contribution is 6.24. The number of benzene rings is 4. The minimum Gasteiger partial charge on any atom is -0.456 e. The summed E-state index contributed by atoms with van der Waals surface area (Å²) in [6.07, 6.45) is 0. The average molecular weight is 242 g/mol. The van der Waals surface area contributed by atoms with Crippen molar-refractivity contribution in [3.63, 3.8) is 0 Å². The van der Waals surface area contributed by atoms with Crippen LogP contribution in [0.2, 0.25) is 0 Å². The van der Waals surface area contributed by atoms with Crippen LogP contribution in [-0.4, -0.2) is 0 Å². The molecule has 0 saturated heterocycles. The van der Waals surface area contributed by atoms with E-state index >= 15 is 0 Å². The van der Waals surface area contributed by atoms with Crippen LogP contribution in [0.4, 0.5) is 0 Å². The molecule has 0 unspecified atom stereocenters. The zero-order chi connectivity index (χ0) is 12.4. The Morgan fingerprint density at radius 3 is 1.47 bits per heavy atom. The maximum Gasteiger partial charge on any atom is 0.135 e. The molecule has 1 aliphatic heterocycles. The van der Waals surface area contributed by atoms with Crippen molar-refractivity contribution in [2.45, 2.75) is 0 Å². The van der Waals surface area contributed by atoms with Gasteiger partial charge in [-0.3, -0.25) is 0 Å². The van der Waals surface area contributed by atoms with E-state index in [2.05, 4.69) is 60.7 Å². The third-order valence-corrected chi connectivity index (χ3v) is 4.01.